The summed E-state index contributed by atoms with van der Waals surface area (Å²) in [5, 5.41) is 10.1. The number of nitriles is 1. The number of H-pyrrole nitrogens is 2. The summed E-state index contributed by atoms with van der Waals surface area (Å²) in [6.45, 7) is 4.00. The molecule has 0 saturated heterocycles. The topological polar surface area (TPSA) is 94.3 Å². The Bertz CT molecular complexity index is 1160. The minimum Gasteiger partial charge on any atom is -0.361 e. The number of aromatic amines is 2. The number of nitrogens with zero attached hydrogens (tertiary/aromatic N) is 2. The van der Waals surface area contributed by atoms with Crippen LogP contribution in [-0.4, -0.2) is 15.0 Å². The number of hydrogen-bond acceptors (Lipinski definition) is 3. The molecule has 0 aliphatic carbocycles. The molecule has 5 nitrogen and oxygen atoms in total. The van der Waals surface area contributed by atoms with E-state index in [2.05, 4.69) is 49.9 Å². The molecule has 2 heterocycles. The minimum atomic E-state index is -0.835. The highest BCUT2D eigenvalue weighted by atomic mass is 79.9. The third-order valence-electron chi connectivity index (χ3n) is 4.62. The van der Waals surface area contributed by atoms with Crippen molar-refractivity contribution in [2.75, 3.05) is 0 Å². The highest BCUT2D eigenvalue weighted by Gasteiger charge is 2.32. The fourth-order valence-corrected chi connectivity index (χ4v) is 4.30. The van der Waals surface area contributed by atoms with Crippen molar-refractivity contribution in [2.24, 2.45) is 5.73 Å². The normalized spacial score (nSPS) is 13.9. The quantitative estimate of drug-likeness (QED) is 0.475. The Morgan fingerprint density at radius 2 is 2.08 bits per heavy atom. The largest absolute Gasteiger partial charge is 0.361 e. The van der Waals surface area contributed by atoms with Crippen LogP contribution >= 0.6 is 15.9 Å². The van der Waals surface area contributed by atoms with Crippen LogP contribution in [0.4, 0.5) is 0 Å². The van der Waals surface area contributed by atoms with E-state index in [0.717, 1.165) is 37.5 Å². The van der Waals surface area contributed by atoms with Gasteiger partial charge in [-0.1, -0.05) is 15.9 Å². The second kappa shape index (κ2) is 5.45. The standard InChI is InChI=1S/C19H16BrN5/c1-10-7-13(20)16(12-5-6-23-17(10)12)19(2,22)18-24-14-4-3-11(9-21)8-15(14)25-18/h3-8,23H,22H2,1-2H3,(H,24,25). The molecule has 0 aliphatic heterocycles. The first-order chi connectivity index (χ1) is 11.9. The van der Waals surface area contributed by atoms with Crippen molar-refractivity contribution in [3.05, 3.63) is 63.5 Å². The highest BCUT2D eigenvalue weighted by molar-refractivity contribution is 9.10. The molecule has 1 atom stereocenters. The monoisotopic (exact) mass is 393 g/mol. The van der Waals surface area contributed by atoms with Gasteiger partial charge in [-0.3, -0.25) is 0 Å². The van der Waals surface area contributed by atoms with Crippen LogP contribution in [0, 0.1) is 18.3 Å². The first-order valence-electron chi connectivity index (χ1n) is 7.87. The fourth-order valence-electron chi connectivity index (χ4n) is 3.33. The molecule has 1 unspecified atom stereocenters. The molecule has 0 saturated carbocycles. The third-order valence-corrected chi connectivity index (χ3v) is 5.24. The molecule has 4 N–H and O–H groups in total. The number of nitrogens with two attached hydrogens (primary N) is 1. The van der Waals surface area contributed by atoms with Crippen molar-refractivity contribution in [2.45, 2.75) is 19.4 Å². The first-order valence-corrected chi connectivity index (χ1v) is 8.67. The lowest BCUT2D eigenvalue weighted by molar-refractivity contribution is 0.569. The molecule has 0 amide bonds. The molecule has 124 valence electrons. The average Bonchev–Trinajstić information content (AvgIpc) is 3.20. The maximum atomic E-state index is 9.08. The number of rotatable bonds is 2. The maximum absolute atomic E-state index is 9.08. The smallest absolute Gasteiger partial charge is 0.131 e. The molecule has 2 aromatic heterocycles. The average molecular weight is 394 g/mol. The van der Waals surface area contributed by atoms with Gasteiger partial charge in [-0.05, 0) is 49.7 Å². The summed E-state index contributed by atoms with van der Waals surface area (Å²) in [5.41, 5.74) is 11.3. The van der Waals surface area contributed by atoms with E-state index in [1.165, 1.54) is 0 Å². The van der Waals surface area contributed by atoms with Gasteiger partial charge in [-0.15, -0.1) is 0 Å². The number of aromatic nitrogens is 3. The molecule has 25 heavy (non-hydrogen) atoms. The van der Waals surface area contributed by atoms with Gasteiger partial charge < -0.3 is 15.7 Å². The Morgan fingerprint density at radius 1 is 1.28 bits per heavy atom. The van der Waals surface area contributed by atoms with Crippen LogP contribution in [0.15, 0.2) is 41.0 Å². The van der Waals surface area contributed by atoms with Crippen molar-refractivity contribution in [1.29, 1.82) is 5.26 Å². The van der Waals surface area contributed by atoms with Crippen molar-refractivity contribution in [3.8, 4) is 6.07 Å². The number of aryl methyl sites for hydroxylation is 1. The molecule has 2 aromatic carbocycles. The summed E-state index contributed by atoms with van der Waals surface area (Å²) in [6, 6.07) is 11.6. The lowest BCUT2D eigenvalue weighted by Crippen LogP contribution is -2.36. The van der Waals surface area contributed by atoms with Crippen molar-refractivity contribution in [1.82, 2.24) is 15.0 Å². The SMILES string of the molecule is Cc1cc(Br)c(C(C)(N)c2nc3cc(C#N)ccc3[nH]2)c2cc[nH]c12. The van der Waals surface area contributed by atoms with E-state index < -0.39 is 5.54 Å². The van der Waals surface area contributed by atoms with Gasteiger partial charge in [0, 0.05) is 27.1 Å². The highest BCUT2D eigenvalue weighted by Crippen LogP contribution is 2.38. The first kappa shape index (κ1) is 15.9. The second-order valence-electron chi connectivity index (χ2n) is 6.45. The van der Waals surface area contributed by atoms with Gasteiger partial charge in [0.1, 0.15) is 5.82 Å². The molecule has 4 aromatic rings. The van der Waals surface area contributed by atoms with Crippen LogP contribution < -0.4 is 5.73 Å². The Kier molecular flexibility index (Phi) is 3.46. The number of hydrogen-bond donors (Lipinski definition) is 3. The van der Waals surface area contributed by atoms with E-state index in [1.807, 2.05) is 25.3 Å². The van der Waals surface area contributed by atoms with E-state index >= 15 is 0 Å². The van der Waals surface area contributed by atoms with Crippen LogP contribution in [0.5, 0.6) is 0 Å². The van der Waals surface area contributed by atoms with E-state index in [0.29, 0.717) is 11.4 Å². The van der Waals surface area contributed by atoms with Crippen LogP contribution in [0.3, 0.4) is 0 Å². The van der Waals surface area contributed by atoms with Gasteiger partial charge in [-0.2, -0.15) is 5.26 Å². The predicted molar refractivity (Wildman–Crippen MR) is 102 cm³/mol. The maximum Gasteiger partial charge on any atom is 0.131 e. The van der Waals surface area contributed by atoms with E-state index in [1.54, 1.807) is 12.1 Å². The number of nitrogens with one attached hydrogen (secondary N) is 2. The molecule has 6 heteroatoms. The lowest BCUT2D eigenvalue weighted by atomic mass is 9.88. The molecular weight excluding hydrogens is 378 g/mol. The van der Waals surface area contributed by atoms with Crippen molar-refractivity contribution in [3.63, 3.8) is 0 Å². The molecule has 0 bridgehead atoms. The Hall–Kier alpha value is -2.62. The Balaban J connectivity index is 1.96. The molecule has 0 spiro atoms. The van der Waals surface area contributed by atoms with E-state index in [9.17, 15) is 0 Å². The molecular formula is C19H16BrN5. The molecule has 0 aliphatic rings. The minimum absolute atomic E-state index is 0.578. The van der Waals surface area contributed by atoms with Gasteiger partial charge in [0.15, 0.2) is 0 Å². The summed E-state index contributed by atoms with van der Waals surface area (Å²) in [6.07, 6.45) is 1.92. The zero-order valence-corrected chi connectivity index (χ0v) is 15.4. The molecule has 0 radical (unpaired) electrons. The number of fused-ring (bicyclic) bond motifs is 2. The van der Waals surface area contributed by atoms with Crippen LogP contribution in [-0.2, 0) is 5.54 Å². The third kappa shape index (κ3) is 2.36. The number of benzene rings is 2. The van der Waals surface area contributed by atoms with E-state index in [4.69, 9.17) is 11.0 Å². The van der Waals surface area contributed by atoms with Crippen molar-refractivity contribution < 1.29 is 0 Å². The summed E-state index contributed by atoms with van der Waals surface area (Å²) in [7, 11) is 0. The van der Waals surface area contributed by atoms with Crippen molar-refractivity contribution >= 4 is 37.9 Å². The summed E-state index contributed by atoms with van der Waals surface area (Å²) in [5.74, 6) is 0.657. The summed E-state index contributed by atoms with van der Waals surface area (Å²) in [4.78, 5) is 11.2. The summed E-state index contributed by atoms with van der Waals surface area (Å²) < 4.78 is 0.945. The Morgan fingerprint density at radius 3 is 2.84 bits per heavy atom. The summed E-state index contributed by atoms with van der Waals surface area (Å²) >= 11 is 3.67. The number of halogens is 1. The van der Waals surface area contributed by atoms with Gasteiger partial charge in [0.2, 0.25) is 0 Å². The van der Waals surface area contributed by atoms with Gasteiger partial charge in [0.05, 0.1) is 28.2 Å². The van der Waals surface area contributed by atoms with Gasteiger partial charge in [0.25, 0.3) is 0 Å². The van der Waals surface area contributed by atoms with Crippen LogP contribution in [0.25, 0.3) is 21.9 Å². The second-order valence-corrected chi connectivity index (χ2v) is 7.30. The number of imidazole rings is 1. The lowest BCUT2D eigenvalue weighted by Gasteiger charge is -2.25. The van der Waals surface area contributed by atoms with Gasteiger partial charge >= 0.3 is 0 Å². The Labute approximate surface area is 153 Å². The van der Waals surface area contributed by atoms with Crippen LogP contribution in [0.1, 0.15) is 29.4 Å². The predicted octanol–water partition coefficient (Wildman–Crippen LogP) is 4.21. The molecule has 4 rings (SSSR count). The fraction of sp³-hybridized carbons (Fsp3) is 0.158. The zero-order chi connectivity index (χ0) is 17.8. The van der Waals surface area contributed by atoms with Gasteiger partial charge in [-0.25, -0.2) is 4.98 Å². The molecule has 0 fully saturated rings. The van der Waals surface area contributed by atoms with E-state index in [-0.39, 0.29) is 0 Å². The zero-order valence-electron chi connectivity index (χ0n) is 13.8. The van der Waals surface area contributed by atoms with Crippen LogP contribution in [0.2, 0.25) is 0 Å².